The molecule has 0 unspecified atom stereocenters. The molecule has 0 radical (unpaired) electrons. The summed E-state index contributed by atoms with van der Waals surface area (Å²) in [6.45, 7) is -1.80. The molecule has 1 saturated carbocycles. The van der Waals surface area contributed by atoms with E-state index in [2.05, 4.69) is 14.8 Å². The number of hydrogen-bond acceptors (Lipinski definition) is 4. The van der Waals surface area contributed by atoms with E-state index in [0.717, 1.165) is 12.8 Å². The zero-order valence-electron chi connectivity index (χ0n) is 12.6. The summed E-state index contributed by atoms with van der Waals surface area (Å²) < 4.78 is 66.7. The smallest absolute Gasteiger partial charge is 0.370 e. The summed E-state index contributed by atoms with van der Waals surface area (Å²) in [5.74, 6) is -0.589. The van der Waals surface area contributed by atoms with Gasteiger partial charge in [-0.3, -0.25) is 4.79 Å². The number of benzene rings is 1. The lowest BCUT2D eigenvalue weighted by molar-refractivity contribution is -0.173. The molecule has 1 fully saturated rings. The minimum Gasteiger partial charge on any atom is -0.370 e. The summed E-state index contributed by atoms with van der Waals surface area (Å²) in [7, 11) is -3.68. The molecule has 10 heteroatoms. The highest BCUT2D eigenvalue weighted by Crippen LogP contribution is 2.22. The maximum atomic E-state index is 12.1. The fourth-order valence-corrected chi connectivity index (χ4v) is 3.17. The third-order valence-corrected chi connectivity index (χ3v) is 4.62. The van der Waals surface area contributed by atoms with Gasteiger partial charge in [0.15, 0.2) is 0 Å². The molecule has 0 aromatic heterocycles. The number of carbonyl (C=O) groups excluding carboxylic acids is 1. The van der Waals surface area contributed by atoms with Crippen LogP contribution in [0.2, 0.25) is 0 Å². The molecular weight excluding hydrogens is 349 g/mol. The van der Waals surface area contributed by atoms with Gasteiger partial charge in [0.1, 0.15) is 6.61 Å². The van der Waals surface area contributed by atoms with E-state index in [1.807, 2.05) is 0 Å². The Morgan fingerprint density at radius 3 is 2.62 bits per heavy atom. The summed E-state index contributed by atoms with van der Waals surface area (Å²) in [5.41, 5.74) is 0.101. The summed E-state index contributed by atoms with van der Waals surface area (Å²) in [5, 5.41) is 2.37. The molecule has 1 amide bonds. The Morgan fingerprint density at radius 1 is 1.29 bits per heavy atom. The van der Waals surface area contributed by atoms with Gasteiger partial charge in [0.25, 0.3) is 5.91 Å². The quantitative estimate of drug-likeness (QED) is 0.682. The van der Waals surface area contributed by atoms with E-state index < -0.39 is 28.7 Å². The van der Waals surface area contributed by atoms with Gasteiger partial charge in [-0.1, -0.05) is 6.07 Å². The van der Waals surface area contributed by atoms with Gasteiger partial charge >= 0.3 is 6.18 Å². The van der Waals surface area contributed by atoms with E-state index in [-0.39, 0.29) is 29.7 Å². The molecule has 1 aliphatic carbocycles. The zero-order valence-corrected chi connectivity index (χ0v) is 13.4. The van der Waals surface area contributed by atoms with Crippen LogP contribution in [-0.2, 0) is 14.8 Å². The van der Waals surface area contributed by atoms with Crippen LogP contribution in [0.3, 0.4) is 0 Å². The van der Waals surface area contributed by atoms with Gasteiger partial charge in [-0.25, -0.2) is 13.1 Å². The SMILES string of the molecule is O=C(NCCOCC(F)(F)F)c1cccc(S(=O)(=O)NC2CC2)c1. The number of amides is 1. The molecule has 0 aliphatic heterocycles. The van der Waals surface area contributed by atoms with Crippen LogP contribution in [0.15, 0.2) is 29.2 Å². The molecule has 0 heterocycles. The highest BCUT2D eigenvalue weighted by atomic mass is 32.2. The van der Waals surface area contributed by atoms with Crippen LogP contribution in [0, 0.1) is 0 Å². The van der Waals surface area contributed by atoms with Gasteiger partial charge in [-0.15, -0.1) is 0 Å². The first-order valence-electron chi connectivity index (χ1n) is 7.22. The minimum atomic E-state index is -4.42. The van der Waals surface area contributed by atoms with Crippen LogP contribution >= 0.6 is 0 Å². The molecule has 6 nitrogen and oxygen atoms in total. The Hall–Kier alpha value is -1.65. The Morgan fingerprint density at radius 2 is 2.00 bits per heavy atom. The molecule has 0 saturated heterocycles. The Labute approximate surface area is 137 Å². The maximum absolute atomic E-state index is 12.1. The highest BCUT2D eigenvalue weighted by molar-refractivity contribution is 7.89. The number of nitrogens with one attached hydrogen (secondary N) is 2. The lowest BCUT2D eigenvalue weighted by Crippen LogP contribution is -2.29. The van der Waals surface area contributed by atoms with Crippen LogP contribution in [0.25, 0.3) is 0 Å². The first-order chi connectivity index (χ1) is 11.2. The Bertz CT molecular complexity index is 688. The maximum Gasteiger partial charge on any atom is 0.411 e. The van der Waals surface area contributed by atoms with E-state index in [1.165, 1.54) is 24.3 Å². The van der Waals surface area contributed by atoms with Crippen LogP contribution < -0.4 is 10.0 Å². The highest BCUT2D eigenvalue weighted by Gasteiger charge is 2.28. The predicted molar refractivity (Wildman–Crippen MR) is 79.0 cm³/mol. The molecule has 2 N–H and O–H groups in total. The van der Waals surface area contributed by atoms with Gasteiger partial charge in [0.2, 0.25) is 10.0 Å². The summed E-state index contributed by atoms with van der Waals surface area (Å²) in [6.07, 6.45) is -2.84. The monoisotopic (exact) mass is 366 g/mol. The Kier molecular flexibility index (Phi) is 5.83. The largest absolute Gasteiger partial charge is 0.411 e. The average Bonchev–Trinajstić information content (AvgIpc) is 3.29. The second-order valence-electron chi connectivity index (χ2n) is 5.35. The Balaban J connectivity index is 1.87. The van der Waals surface area contributed by atoms with Crippen molar-refractivity contribution in [2.45, 2.75) is 30.0 Å². The third-order valence-electron chi connectivity index (χ3n) is 3.10. The summed E-state index contributed by atoms with van der Waals surface area (Å²) >= 11 is 0. The summed E-state index contributed by atoms with van der Waals surface area (Å²) in [4.78, 5) is 11.9. The third kappa shape index (κ3) is 6.10. The van der Waals surface area contributed by atoms with E-state index in [1.54, 1.807) is 0 Å². The van der Waals surface area contributed by atoms with Gasteiger partial charge in [-0.05, 0) is 31.0 Å². The molecule has 0 spiro atoms. The zero-order chi connectivity index (χ0) is 17.8. The van der Waals surface area contributed by atoms with Crippen molar-refractivity contribution >= 4 is 15.9 Å². The van der Waals surface area contributed by atoms with E-state index >= 15 is 0 Å². The first-order valence-corrected chi connectivity index (χ1v) is 8.71. The van der Waals surface area contributed by atoms with Gasteiger partial charge in [0.05, 0.1) is 11.5 Å². The molecule has 134 valence electrons. The van der Waals surface area contributed by atoms with E-state index in [9.17, 15) is 26.4 Å². The molecule has 0 bridgehead atoms. The molecular formula is C14H17F3N2O4S. The number of alkyl halides is 3. The van der Waals surface area contributed by atoms with Crippen molar-refractivity contribution in [1.82, 2.24) is 10.0 Å². The van der Waals surface area contributed by atoms with Crippen molar-refractivity contribution in [3.63, 3.8) is 0 Å². The van der Waals surface area contributed by atoms with Crippen LogP contribution in [-0.4, -0.2) is 46.3 Å². The molecule has 1 aliphatic rings. The van der Waals surface area contributed by atoms with Crippen molar-refractivity contribution in [3.8, 4) is 0 Å². The molecule has 1 aromatic rings. The van der Waals surface area contributed by atoms with Crippen LogP contribution in [0.5, 0.6) is 0 Å². The molecule has 2 rings (SSSR count). The molecule has 1 aromatic carbocycles. The van der Waals surface area contributed by atoms with Crippen LogP contribution in [0.4, 0.5) is 13.2 Å². The summed E-state index contributed by atoms with van der Waals surface area (Å²) in [6, 6.07) is 5.38. The topological polar surface area (TPSA) is 84.5 Å². The van der Waals surface area contributed by atoms with Crippen molar-refractivity contribution in [1.29, 1.82) is 0 Å². The number of ether oxygens (including phenoxy) is 1. The fourth-order valence-electron chi connectivity index (χ4n) is 1.82. The lowest BCUT2D eigenvalue weighted by atomic mass is 10.2. The number of rotatable bonds is 8. The van der Waals surface area contributed by atoms with Crippen LogP contribution in [0.1, 0.15) is 23.2 Å². The van der Waals surface area contributed by atoms with Gasteiger partial charge in [0, 0.05) is 18.2 Å². The minimum absolute atomic E-state index is 0.0321. The molecule has 0 atom stereocenters. The van der Waals surface area contributed by atoms with Crippen molar-refractivity contribution < 1.29 is 31.1 Å². The lowest BCUT2D eigenvalue weighted by Gasteiger charge is -2.10. The van der Waals surface area contributed by atoms with E-state index in [4.69, 9.17) is 0 Å². The first kappa shape index (κ1) is 18.7. The van der Waals surface area contributed by atoms with Crippen molar-refractivity contribution in [2.24, 2.45) is 0 Å². The number of halogens is 3. The second kappa shape index (κ2) is 7.49. The van der Waals surface area contributed by atoms with Gasteiger partial charge in [-0.2, -0.15) is 13.2 Å². The fraction of sp³-hybridized carbons (Fsp3) is 0.500. The number of hydrogen-bond donors (Lipinski definition) is 2. The normalized spacial score (nSPS) is 15.3. The van der Waals surface area contributed by atoms with Crippen molar-refractivity contribution in [3.05, 3.63) is 29.8 Å². The van der Waals surface area contributed by atoms with Crippen molar-refractivity contribution in [2.75, 3.05) is 19.8 Å². The van der Waals surface area contributed by atoms with E-state index in [0.29, 0.717) is 0 Å². The number of sulfonamides is 1. The number of carbonyl (C=O) groups is 1. The standard InChI is InChI=1S/C14H17F3N2O4S/c15-14(16,17)9-23-7-6-18-13(20)10-2-1-3-12(8-10)24(21,22)19-11-4-5-11/h1-3,8,11,19H,4-7,9H2,(H,18,20). The van der Waals surface area contributed by atoms with Gasteiger partial charge < -0.3 is 10.1 Å². The second-order valence-corrected chi connectivity index (χ2v) is 7.06. The average molecular weight is 366 g/mol. The predicted octanol–water partition coefficient (Wildman–Crippen LogP) is 1.44. The molecule has 24 heavy (non-hydrogen) atoms.